The molecule has 2 amide bonds. The van der Waals surface area contributed by atoms with Gasteiger partial charge in [0.2, 0.25) is 0 Å². The van der Waals surface area contributed by atoms with Crippen LogP contribution in [0.5, 0.6) is 0 Å². The van der Waals surface area contributed by atoms with Crippen LogP contribution in [0, 0.1) is 5.92 Å². The maximum atomic E-state index is 12.6. The van der Waals surface area contributed by atoms with Crippen LogP contribution in [0.4, 0.5) is 0 Å². The third kappa shape index (κ3) is 2.88. The molecule has 0 spiro atoms. The van der Waals surface area contributed by atoms with E-state index in [0.29, 0.717) is 23.9 Å². The summed E-state index contributed by atoms with van der Waals surface area (Å²) in [5, 5.41) is 6.49. The molecule has 26 heavy (non-hydrogen) atoms. The molecular formula is C21H23N3O2. The smallest absolute Gasteiger partial charge is 0.253 e. The van der Waals surface area contributed by atoms with Gasteiger partial charge in [-0.3, -0.25) is 9.59 Å². The first-order chi connectivity index (χ1) is 12.5. The van der Waals surface area contributed by atoms with Crippen LogP contribution in [0.25, 0.3) is 11.1 Å². The first-order valence-electron chi connectivity index (χ1n) is 8.99. The highest BCUT2D eigenvalue weighted by Crippen LogP contribution is 2.34. The van der Waals surface area contributed by atoms with Crippen LogP contribution in [0.2, 0.25) is 0 Å². The highest BCUT2D eigenvalue weighted by atomic mass is 16.2. The quantitative estimate of drug-likeness (QED) is 0.873. The molecule has 0 aliphatic carbocycles. The lowest BCUT2D eigenvalue weighted by Crippen LogP contribution is -2.28. The van der Waals surface area contributed by atoms with Crippen molar-refractivity contribution >= 4 is 11.8 Å². The summed E-state index contributed by atoms with van der Waals surface area (Å²) in [6, 6.07) is 13.7. The molecule has 4 rings (SSSR count). The first kappa shape index (κ1) is 16.8. The molecule has 5 heteroatoms. The van der Waals surface area contributed by atoms with Crippen LogP contribution in [0.15, 0.2) is 42.5 Å². The van der Waals surface area contributed by atoms with Crippen LogP contribution >= 0.6 is 0 Å². The molecule has 2 aliphatic rings. The van der Waals surface area contributed by atoms with Crippen LogP contribution in [0.3, 0.4) is 0 Å². The minimum atomic E-state index is -0.0285. The van der Waals surface area contributed by atoms with Crippen molar-refractivity contribution in [2.75, 3.05) is 33.7 Å². The second-order valence-electron chi connectivity index (χ2n) is 7.32. The predicted molar refractivity (Wildman–Crippen MR) is 101 cm³/mol. The van der Waals surface area contributed by atoms with E-state index in [1.807, 2.05) is 30.3 Å². The summed E-state index contributed by atoms with van der Waals surface area (Å²) in [6.07, 6.45) is 0. The molecule has 2 aliphatic heterocycles. The number of nitrogens with one attached hydrogen (secondary N) is 2. The third-order valence-electron chi connectivity index (χ3n) is 5.41. The second-order valence-corrected chi connectivity index (χ2v) is 7.32. The molecule has 2 aromatic rings. The van der Waals surface area contributed by atoms with Crippen molar-refractivity contribution in [2.24, 2.45) is 5.92 Å². The van der Waals surface area contributed by atoms with Gasteiger partial charge in [-0.2, -0.15) is 0 Å². The monoisotopic (exact) mass is 349 g/mol. The average Bonchev–Trinajstić information content (AvgIpc) is 3.08. The number of nitrogens with zero attached hydrogens (tertiary/aromatic N) is 1. The fourth-order valence-electron chi connectivity index (χ4n) is 3.98. The standard InChI is InChI=1S/C21H23N3O2/c1-24(2)21(26)15-5-3-4-13(8-15)14-6-7-17-18(9-14)20(25)23-11-16-10-22-12-19(16)17/h3-9,16,19,22H,10-12H2,1-2H3,(H,23,25)/t16-,19+/m1/s1. The lowest BCUT2D eigenvalue weighted by molar-refractivity contribution is 0.0827. The zero-order valence-electron chi connectivity index (χ0n) is 15.1. The molecule has 0 radical (unpaired) electrons. The molecule has 0 saturated carbocycles. The van der Waals surface area contributed by atoms with Crippen molar-refractivity contribution in [2.45, 2.75) is 5.92 Å². The summed E-state index contributed by atoms with van der Waals surface area (Å²) in [6.45, 7) is 2.58. The van der Waals surface area contributed by atoms with Crippen molar-refractivity contribution in [1.82, 2.24) is 15.5 Å². The predicted octanol–water partition coefficient (Wildman–Crippen LogP) is 2.10. The Kier molecular flexibility index (Phi) is 4.24. The van der Waals surface area contributed by atoms with Gasteiger partial charge >= 0.3 is 0 Å². The fourth-order valence-corrected chi connectivity index (χ4v) is 3.98. The van der Waals surface area contributed by atoms with Gasteiger partial charge in [-0.1, -0.05) is 24.3 Å². The van der Waals surface area contributed by atoms with Gasteiger partial charge in [-0.25, -0.2) is 0 Å². The molecule has 1 saturated heterocycles. The number of fused-ring (bicyclic) bond motifs is 3. The minimum Gasteiger partial charge on any atom is -0.352 e. The Labute approximate surface area is 153 Å². The summed E-state index contributed by atoms with van der Waals surface area (Å²) in [5.41, 5.74) is 4.42. The highest BCUT2D eigenvalue weighted by molar-refractivity contribution is 5.98. The molecular weight excluding hydrogens is 326 g/mol. The van der Waals surface area contributed by atoms with Gasteiger partial charge in [-0.05, 0) is 40.8 Å². The van der Waals surface area contributed by atoms with Crippen molar-refractivity contribution in [1.29, 1.82) is 0 Å². The maximum absolute atomic E-state index is 12.6. The Balaban J connectivity index is 1.75. The topological polar surface area (TPSA) is 61.4 Å². The number of rotatable bonds is 2. The van der Waals surface area contributed by atoms with E-state index in [-0.39, 0.29) is 11.8 Å². The second kappa shape index (κ2) is 6.57. The zero-order valence-corrected chi connectivity index (χ0v) is 15.1. The SMILES string of the molecule is CN(C)C(=O)c1cccc(-c2ccc3c(c2)C(=O)NC[C@H]2CNC[C@H]32)c1. The Morgan fingerprint density at radius 1 is 1.04 bits per heavy atom. The van der Waals surface area contributed by atoms with Crippen molar-refractivity contribution in [3.63, 3.8) is 0 Å². The van der Waals surface area contributed by atoms with E-state index in [1.165, 1.54) is 0 Å². The summed E-state index contributed by atoms with van der Waals surface area (Å²) >= 11 is 0. The number of carbonyl (C=O) groups excluding carboxylic acids is 2. The fraction of sp³-hybridized carbons (Fsp3) is 0.333. The Bertz CT molecular complexity index is 875. The molecule has 0 aromatic heterocycles. The van der Waals surface area contributed by atoms with Crippen LogP contribution in [-0.4, -0.2) is 50.4 Å². The molecule has 134 valence electrons. The summed E-state index contributed by atoms with van der Waals surface area (Å²) < 4.78 is 0. The van der Waals surface area contributed by atoms with Gasteiger partial charge in [0.1, 0.15) is 0 Å². The van der Waals surface area contributed by atoms with Gasteiger partial charge in [0.05, 0.1) is 0 Å². The van der Waals surface area contributed by atoms with Gasteiger partial charge in [0.15, 0.2) is 0 Å². The Hall–Kier alpha value is -2.66. The van der Waals surface area contributed by atoms with E-state index < -0.39 is 0 Å². The lowest BCUT2D eigenvalue weighted by atomic mass is 9.86. The van der Waals surface area contributed by atoms with Crippen LogP contribution < -0.4 is 10.6 Å². The Morgan fingerprint density at radius 2 is 1.85 bits per heavy atom. The largest absolute Gasteiger partial charge is 0.352 e. The van der Waals surface area contributed by atoms with Gasteiger partial charge in [0, 0.05) is 50.8 Å². The first-order valence-corrected chi connectivity index (χ1v) is 8.99. The van der Waals surface area contributed by atoms with E-state index in [9.17, 15) is 9.59 Å². The van der Waals surface area contributed by atoms with Crippen LogP contribution in [0.1, 0.15) is 32.2 Å². The van der Waals surface area contributed by atoms with E-state index in [4.69, 9.17) is 0 Å². The normalized spacial score (nSPS) is 21.4. The minimum absolute atomic E-state index is 0.00299. The molecule has 2 aromatic carbocycles. The number of amides is 2. The van der Waals surface area contributed by atoms with Crippen LogP contribution in [-0.2, 0) is 0 Å². The third-order valence-corrected chi connectivity index (χ3v) is 5.41. The van der Waals surface area contributed by atoms with Gasteiger partial charge < -0.3 is 15.5 Å². The molecule has 2 atom stereocenters. The van der Waals surface area contributed by atoms with Gasteiger partial charge in [-0.15, -0.1) is 0 Å². The van der Waals surface area contributed by atoms with E-state index in [1.54, 1.807) is 19.0 Å². The van der Waals surface area contributed by atoms with E-state index in [0.717, 1.165) is 35.3 Å². The molecule has 2 N–H and O–H groups in total. The van der Waals surface area contributed by atoms with E-state index in [2.05, 4.69) is 22.8 Å². The molecule has 5 nitrogen and oxygen atoms in total. The molecule has 2 heterocycles. The lowest BCUT2D eigenvalue weighted by Gasteiger charge is -2.17. The number of hydrogen-bond acceptors (Lipinski definition) is 3. The summed E-state index contributed by atoms with van der Waals surface area (Å²) in [5.74, 6) is 0.794. The zero-order chi connectivity index (χ0) is 18.3. The number of carbonyl (C=O) groups is 2. The number of hydrogen-bond donors (Lipinski definition) is 2. The average molecular weight is 349 g/mol. The van der Waals surface area contributed by atoms with Crippen molar-refractivity contribution in [3.8, 4) is 11.1 Å². The van der Waals surface area contributed by atoms with Gasteiger partial charge in [0.25, 0.3) is 11.8 Å². The Morgan fingerprint density at radius 3 is 2.65 bits per heavy atom. The van der Waals surface area contributed by atoms with Crippen molar-refractivity contribution in [3.05, 3.63) is 59.2 Å². The van der Waals surface area contributed by atoms with E-state index >= 15 is 0 Å². The van der Waals surface area contributed by atoms with Crippen molar-refractivity contribution < 1.29 is 9.59 Å². The summed E-state index contributed by atoms with van der Waals surface area (Å²) in [4.78, 5) is 26.4. The molecule has 0 unspecified atom stereocenters. The highest BCUT2D eigenvalue weighted by Gasteiger charge is 2.34. The molecule has 0 bridgehead atoms. The molecule has 1 fully saturated rings. The number of benzene rings is 2. The maximum Gasteiger partial charge on any atom is 0.253 e. The summed E-state index contributed by atoms with van der Waals surface area (Å²) in [7, 11) is 3.49.